The van der Waals surface area contributed by atoms with Gasteiger partial charge < -0.3 is 24.1 Å². The molecule has 2 aliphatic rings. The van der Waals surface area contributed by atoms with E-state index in [9.17, 15) is 14.4 Å². The minimum atomic E-state index is -0.204. The van der Waals surface area contributed by atoms with Crippen molar-refractivity contribution >= 4 is 28.4 Å². The molecule has 1 aromatic carbocycles. The Balaban J connectivity index is 1.35. The first-order valence-electron chi connectivity index (χ1n) is 11.5. The number of pyridine rings is 1. The molecule has 5 rings (SSSR count). The summed E-state index contributed by atoms with van der Waals surface area (Å²) >= 11 is 0. The maximum atomic E-state index is 13.1. The smallest absolute Gasteiger partial charge is 0.257 e. The highest BCUT2D eigenvalue weighted by molar-refractivity contribution is 6.06. The Morgan fingerprint density at radius 1 is 1.06 bits per heavy atom. The Labute approximate surface area is 191 Å². The minimum Gasteiger partial charge on any atom is -0.378 e. The highest BCUT2D eigenvalue weighted by atomic mass is 16.5. The lowest BCUT2D eigenvalue weighted by Gasteiger charge is -2.27. The molecule has 8 heteroatoms. The van der Waals surface area contributed by atoms with Gasteiger partial charge in [0.2, 0.25) is 5.91 Å². The van der Waals surface area contributed by atoms with E-state index in [1.54, 1.807) is 13.2 Å². The van der Waals surface area contributed by atoms with E-state index in [0.29, 0.717) is 37.6 Å². The summed E-state index contributed by atoms with van der Waals surface area (Å²) in [7, 11) is 1.70. The van der Waals surface area contributed by atoms with Crippen molar-refractivity contribution in [2.45, 2.75) is 32.2 Å². The molecule has 0 spiro atoms. The molecule has 3 heterocycles. The molecule has 3 aromatic rings. The number of carbonyl (C=O) groups is 2. The van der Waals surface area contributed by atoms with Gasteiger partial charge in [0.1, 0.15) is 6.54 Å². The van der Waals surface area contributed by atoms with Gasteiger partial charge in [-0.2, -0.15) is 0 Å². The molecule has 0 unspecified atom stereocenters. The molecule has 172 valence electrons. The highest BCUT2D eigenvalue weighted by Crippen LogP contribution is 2.25. The van der Waals surface area contributed by atoms with Crippen molar-refractivity contribution in [3.05, 3.63) is 63.7 Å². The Morgan fingerprint density at radius 2 is 1.82 bits per heavy atom. The summed E-state index contributed by atoms with van der Waals surface area (Å²) in [6, 6.07) is 7.64. The Hall–Kier alpha value is -3.39. The van der Waals surface area contributed by atoms with Crippen molar-refractivity contribution in [3.63, 3.8) is 0 Å². The molecule has 2 amide bonds. The van der Waals surface area contributed by atoms with Crippen LogP contribution in [-0.4, -0.2) is 52.2 Å². The van der Waals surface area contributed by atoms with Crippen LogP contribution in [0.3, 0.4) is 0 Å². The number of nitrogens with zero attached hydrogens (tertiary/aromatic N) is 3. The predicted molar refractivity (Wildman–Crippen MR) is 126 cm³/mol. The number of ether oxygens (including phenoxy) is 1. The van der Waals surface area contributed by atoms with E-state index < -0.39 is 0 Å². The van der Waals surface area contributed by atoms with Gasteiger partial charge in [0, 0.05) is 54.7 Å². The first-order chi connectivity index (χ1) is 16.0. The number of nitrogens with one attached hydrogen (secondary N) is 1. The third-order valence-electron chi connectivity index (χ3n) is 6.64. The average molecular weight is 449 g/mol. The zero-order valence-electron chi connectivity index (χ0n) is 18.8. The van der Waals surface area contributed by atoms with Gasteiger partial charge in [-0.25, -0.2) is 0 Å². The normalized spacial score (nSPS) is 16.0. The van der Waals surface area contributed by atoms with Crippen LogP contribution in [0.4, 0.5) is 5.69 Å². The lowest BCUT2D eigenvalue weighted by atomic mass is 9.89. The van der Waals surface area contributed by atoms with Gasteiger partial charge in [-0.1, -0.05) is 0 Å². The lowest BCUT2D eigenvalue weighted by Crippen LogP contribution is -2.42. The van der Waals surface area contributed by atoms with Crippen LogP contribution in [0.25, 0.3) is 10.9 Å². The molecule has 1 saturated heterocycles. The first-order valence-corrected chi connectivity index (χ1v) is 11.5. The number of hydrogen-bond acceptors (Lipinski definition) is 4. The van der Waals surface area contributed by atoms with Crippen LogP contribution in [-0.2, 0) is 36.0 Å². The third-order valence-corrected chi connectivity index (χ3v) is 6.64. The van der Waals surface area contributed by atoms with Gasteiger partial charge >= 0.3 is 0 Å². The van der Waals surface area contributed by atoms with Crippen molar-refractivity contribution in [2.24, 2.45) is 7.05 Å². The first kappa shape index (κ1) is 21.5. The maximum Gasteiger partial charge on any atom is 0.257 e. The number of rotatable bonds is 4. The molecule has 1 aliphatic heterocycles. The molecule has 1 N–H and O–H groups in total. The number of benzene rings is 1. The quantitative estimate of drug-likeness (QED) is 0.664. The van der Waals surface area contributed by atoms with Gasteiger partial charge in [0.15, 0.2) is 0 Å². The molecule has 2 aromatic heterocycles. The molecule has 0 atom stereocenters. The summed E-state index contributed by atoms with van der Waals surface area (Å²) in [4.78, 5) is 40.0. The number of aromatic nitrogens is 2. The van der Waals surface area contributed by atoms with E-state index in [4.69, 9.17) is 4.74 Å². The van der Waals surface area contributed by atoms with Crippen molar-refractivity contribution in [2.75, 3.05) is 31.6 Å². The van der Waals surface area contributed by atoms with Crippen LogP contribution in [0.15, 0.2) is 41.5 Å². The fraction of sp³-hybridized carbons (Fsp3) is 0.400. The summed E-state index contributed by atoms with van der Waals surface area (Å²) in [5, 5.41) is 3.95. The Morgan fingerprint density at radius 3 is 2.61 bits per heavy atom. The molecule has 0 bridgehead atoms. The fourth-order valence-electron chi connectivity index (χ4n) is 4.85. The highest BCUT2D eigenvalue weighted by Gasteiger charge is 2.22. The van der Waals surface area contributed by atoms with Crippen molar-refractivity contribution in [1.29, 1.82) is 0 Å². The molecule has 1 aliphatic carbocycles. The van der Waals surface area contributed by atoms with E-state index in [1.807, 2.05) is 39.9 Å². The monoisotopic (exact) mass is 448 g/mol. The lowest BCUT2D eigenvalue weighted by molar-refractivity contribution is -0.135. The molecule has 33 heavy (non-hydrogen) atoms. The van der Waals surface area contributed by atoms with Crippen LogP contribution in [0.1, 0.15) is 34.3 Å². The van der Waals surface area contributed by atoms with Crippen LogP contribution in [0.5, 0.6) is 0 Å². The number of aryl methyl sites for hydroxylation is 1. The standard InChI is InChI=1S/C25H28N4O4/c1-27-15-21(19-4-2-3-5-20(19)25(27)32)24(31)26-18-6-7-22-17(14-18)8-9-29(22)16-23(30)28-10-12-33-13-11-28/h6-9,14-15H,2-5,10-13,16H2,1H3,(H,26,31). The van der Waals surface area contributed by atoms with Gasteiger partial charge in [-0.3, -0.25) is 14.4 Å². The molecule has 1 fully saturated rings. The zero-order chi connectivity index (χ0) is 22.9. The van der Waals surface area contributed by atoms with Crippen LogP contribution >= 0.6 is 0 Å². The number of amides is 2. The maximum absolute atomic E-state index is 13.1. The molecular formula is C25H28N4O4. The Kier molecular flexibility index (Phi) is 5.76. The van der Waals surface area contributed by atoms with E-state index in [0.717, 1.165) is 47.7 Å². The van der Waals surface area contributed by atoms with Crippen molar-refractivity contribution < 1.29 is 14.3 Å². The van der Waals surface area contributed by atoms with Crippen molar-refractivity contribution in [1.82, 2.24) is 14.0 Å². The summed E-state index contributed by atoms with van der Waals surface area (Å²) in [6.45, 7) is 2.70. The van der Waals surface area contributed by atoms with E-state index in [2.05, 4.69) is 5.32 Å². The van der Waals surface area contributed by atoms with E-state index in [1.165, 1.54) is 4.57 Å². The van der Waals surface area contributed by atoms with Crippen LogP contribution in [0, 0.1) is 0 Å². The number of fused-ring (bicyclic) bond motifs is 2. The van der Waals surface area contributed by atoms with Gasteiger partial charge in [0.25, 0.3) is 11.5 Å². The van der Waals surface area contributed by atoms with Crippen LogP contribution in [0.2, 0.25) is 0 Å². The number of morpholine rings is 1. The molecule has 0 saturated carbocycles. The second-order valence-electron chi connectivity index (χ2n) is 8.79. The van der Waals surface area contributed by atoms with E-state index in [-0.39, 0.29) is 23.9 Å². The summed E-state index contributed by atoms with van der Waals surface area (Å²) in [5.41, 5.74) is 3.85. The SMILES string of the molecule is Cn1cc(C(=O)Nc2ccc3c(ccn3CC(=O)N3CCOCC3)c2)c2c(c1=O)CCCC2. The largest absolute Gasteiger partial charge is 0.378 e. The number of carbonyl (C=O) groups excluding carboxylic acids is 2. The fourth-order valence-corrected chi connectivity index (χ4v) is 4.85. The number of hydrogen-bond donors (Lipinski definition) is 1. The van der Waals surface area contributed by atoms with Gasteiger partial charge in [-0.05, 0) is 55.5 Å². The van der Waals surface area contributed by atoms with Crippen molar-refractivity contribution in [3.8, 4) is 0 Å². The summed E-state index contributed by atoms with van der Waals surface area (Å²) in [6.07, 6.45) is 7.00. The van der Waals surface area contributed by atoms with Gasteiger partial charge in [-0.15, -0.1) is 0 Å². The predicted octanol–water partition coefficient (Wildman–Crippen LogP) is 2.33. The Bertz CT molecular complexity index is 1280. The zero-order valence-corrected chi connectivity index (χ0v) is 18.8. The van der Waals surface area contributed by atoms with Gasteiger partial charge in [0.05, 0.1) is 18.8 Å². The molecule has 0 radical (unpaired) electrons. The summed E-state index contributed by atoms with van der Waals surface area (Å²) in [5.74, 6) is -0.127. The second-order valence-corrected chi connectivity index (χ2v) is 8.79. The third kappa shape index (κ3) is 4.18. The van der Waals surface area contributed by atoms with E-state index >= 15 is 0 Å². The minimum absolute atomic E-state index is 0.00404. The molecule has 8 nitrogen and oxygen atoms in total. The average Bonchev–Trinajstić information content (AvgIpc) is 3.23. The summed E-state index contributed by atoms with van der Waals surface area (Å²) < 4.78 is 8.76. The molecular weight excluding hydrogens is 420 g/mol. The topological polar surface area (TPSA) is 85.6 Å². The second kappa shape index (κ2) is 8.86. The number of anilines is 1. The van der Waals surface area contributed by atoms with Crippen LogP contribution < -0.4 is 10.9 Å².